The molecule has 0 spiro atoms. The van der Waals surface area contributed by atoms with E-state index in [0.29, 0.717) is 17.2 Å². The van der Waals surface area contributed by atoms with Crippen LogP contribution in [0.2, 0.25) is 0 Å². The number of carbonyl (C=O) groups excluding carboxylic acids is 2. The van der Waals surface area contributed by atoms with Crippen LogP contribution in [0, 0.1) is 11.8 Å². The van der Waals surface area contributed by atoms with Gasteiger partial charge in [0.1, 0.15) is 0 Å². The highest BCUT2D eigenvalue weighted by molar-refractivity contribution is 6.21. The van der Waals surface area contributed by atoms with Crippen LogP contribution in [-0.2, 0) is 0 Å². The van der Waals surface area contributed by atoms with Gasteiger partial charge in [0.15, 0.2) is 0 Å². The Bertz CT molecular complexity index is 568. The van der Waals surface area contributed by atoms with E-state index in [-0.39, 0.29) is 11.8 Å². The lowest BCUT2D eigenvalue weighted by molar-refractivity contribution is 0.0879. The predicted molar refractivity (Wildman–Crippen MR) is 77.8 cm³/mol. The molecule has 106 valence electrons. The third-order valence-electron chi connectivity index (χ3n) is 4.70. The molecule has 4 nitrogen and oxygen atoms in total. The topological polar surface area (TPSA) is 58.2 Å². The van der Waals surface area contributed by atoms with Gasteiger partial charge in [0.05, 0.1) is 11.1 Å². The van der Waals surface area contributed by atoms with Gasteiger partial charge in [0.25, 0.3) is 11.8 Å². The molecule has 0 bridgehead atoms. The summed E-state index contributed by atoms with van der Waals surface area (Å²) in [6.45, 7) is 4.61. The van der Waals surface area contributed by atoms with Gasteiger partial charge in [-0.05, 0) is 49.3 Å². The van der Waals surface area contributed by atoms with Gasteiger partial charge in [0.2, 0.25) is 0 Å². The molecule has 1 aliphatic heterocycles. The fourth-order valence-corrected chi connectivity index (χ4v) is 3.17. The molecule has 3 unspecified atom stereocenters. The molecule has 1 heterocycles. The van der Waals surface area contributed by atoms with Crippen LogP contribution in [0.25, 0.3) is 0 Å². The summed E-state index contributed by atoms with van der Waals surface area (Å²) in [5.41, 5.74) is 1.89. The molecule has 2 aliphatic rings. The molecule has 1 aliphatic carbocycles. The van der Waals surface area contributed by atoms with Gasteiger partial charge in [-0.25, -0.2) is 0 Å². The lowest BCUT2D eigenvalue weighted by Crippen LogP contribution is -2.30. The van der Waals surface area contributed by atoms with E-state index in [1.54, 1.807) is 12.1 Å². The van der Waals surface area contributed by atoms with E-state index in [1.807, 2.05) is 6.07 Å². The second-order valence-corrected chi connectivity index (χ2v) is 6.15. The number of benzene rings is 1. The third-order valence-corrected chi connectivity index (χ3v) is 4.70. The van der Waals surface area contributed by atoms with Gasteiger partial charge in [-0.15, -0.1) is 0 Å². The van der Waals surface area contributed by atoms with Crippen LogP contribution in [0.15, 0.2) is 18.2 Å². The van der Waals surface area contributed by atoms with Crippen molar-refractivity contribution in [2.24, 2.45) is 11.8 Å². The van der Waals surface area contributed by atoms with E-state index in [1.165, 1.54) is 6.42 Å². The van der Waals surface area contributed by atoms with Crippen molar-refractivity contribution in [2.45, 2.75) is 39.2 Å². The van der Waals surface area contributed by atoms with Crippen molar-refractivity contribution in [3.05, 3.63) is 29.3 Å². The molecule has 1 aromatic carbocycles. The highest BCUT2D eigenvalue weighted by atomic mass is 16.2. The number of imide groups is 1. The Morgan fingerprint density at radius 1 is 1.05 bits per heavy atom. The van der Waals surface area contributed by atoms with Crippen molar-refractivity contribution in [3.8, 4) is 0 Å². The maximum Gasteiger partial charge on any atom is 0.259 e. The second kappa shape index (κ2) is 4.93. The number of amides is 2. The molecule has 0 radical (unpaired) electrons. The molecular formula is C16H20N2O2. The minimum absolute atomic E-state index is 0.292. The number of fused-ring (bicyclic) bond motifs is 1. The lowest BCUT2D eigenvalue weighted by atomic mass is 9.79. The molecule has 4 heteroatoms. The summed E-state index contributed by atoms with van der Waals surface area (Å²) in [6, 6.07) is 5.87. The van der Waals surface area contributed by atoms with Crippen LogP contribution in [0.4, 0.5) is 5.69 Å². The van der Waals surface area contributed by atoms with Crippen molar-refractivity contribution >= 4 is 17.5 Å². The summed E-state index contributed by atoms with van der Waals surface area (Å²) in [4.78, 5) is 23.2. The summed E-state index contributed by atoms with van der Waals surface area (Å²) in [7, 11) is 0. The van der Waals surface area contributed by atoms with E-state index in [4.69, 9.17) is 0 Å². The number of rotatable bonds is 2. The summed E-state index contributed by atoms with van der Waals surface area (Å²) in [5, 5.41) is 5.83. The molecular weight excluding hydrogens is 252 g/mol. The minimum atomic E-state index is -0.295. The Kier molecular flexibility index (Phi) is 3.24. The number of hydrogen-bond acceptors (Lipinski definition) is 3. The fourth-order valence-electron chi connectivity index (χ4n) is 3.17. The highest BCUT2D eigenvalue weighted by Gasteiger charge is 2.28. The third kappa shape index (κ3) is 2.30. The largest absolute Gasteiger partial charge is 0.382 e. The Labute approximate surface area is 118 Å². The number of anilines is 1. The van der Waals surface area contributed by atoms with Crippen LogP contribution in [-0.4, -0.2) is 17.9 Å². The average Bonchev–Trinajstić information content (AvgIpc) is 2.69. The van der Waals surface area contributed by atoms with Crippen molar-refractivity contribution in [1.82, 2.24) is 5.32 Å². The molecule has 1 aromatic rings. The molecule has 0 aromatic heterocycles. The molecule has 0 saturated heterocycles. The molecule has 3 rings (SSSR count). The average molecular weight is 272 g/mol. The predicted octanol–water partition coefficient (Wildman–Crippen LogP) is 2.81. The fraction of sp³-hybridized carbons (Fsp3) is 0.500. The molecule has 2 amide bonds. The molecule has 3 atom stereocenters. The van der Waals surface area contributed by atoms with E-state index in [2.05, 4.69) is 24.5 Å². The Morgan fingerprint density at radius 2 is 1.80 bits per heavy atom. The second-order valence-electron chi connectivity index (χ2n) is 6.15. The molecule has 1 saturated carbocycles. The zero-order chi connectivity index (χ0) is 14.3. The zero-order valence-corrected chi connectivity index (χ0v) is 11.9. The van der Waals surface area contributed by atoms with Gasteiger partial charge in [-0.2, -0.15) is 0 Å². The standard InChI is InChI=1S/C16H20N2O2/c1-9-3-4-11(7-10(9)2)17-12-5-6-13-14(8-12)16(20)18-15(13)19/h5-6,8-11,17H,3-4,7H2,1-2H3,(H,18,19,20). The van der Waals surface area contributed by atoms with Gasteiger partial charge in [0, 0.05) is 11.7 Å². The van der Waals surface area contributed by atoms with E-state index < -0.39 is 0 Å². The van der Waals surface area contributed by atoms with Gasteiger partial charge < -0.3 is 5.32 Å². The van der Waals surface area contributed by atoms with Gasteiger partial charge in [-0.1, -0.05) is 13.8 Å². The number of carbonyl (C=O) groups is 2. The normalized spacial score (nSPS) is 29.0. The zero-order valence-electron chi connectivity index (χ0n) is 11.9. The number of nitrogens with one attached hydrogen (secondary N) is 2. The quantitative estimate of drug-likeness (QED) is 0.814. The van der Waals surface area contributed by atoms with E-state index in [9.17, 15) is 9.59 Å². The first kappa shape index (κ1) is 13.2. The summed E-state index contributed by atoms with van der Waals surface area (Å²) >= 11 is 0. The lowest BCUT2D eigenvalue weighted by Gasteiger charge is -2.33. The Morgan fingerprint density at radius 3 is 2.55 bits per heavy atom. The van der Waals surface area contributed by atoms with Gasteiger partial charge in [-0.3, -0.25) is 14.9 Å². The van der Waals surface area contributed by atoms with Gasteiger partial charge >= 0.3 is 0 Å². The number of hydrogen-bond donors (Lipinski definition) is 2. The molecule has 1 fully saturated rings. The van der Waals surface area contributed by atoms with Crippen molar-refractivity contribution in [3.63, 3.8) is 0 Å². The Balaban J connectivity index is 1.75. The SMILES string of the molecule is CC1CCC(Nc2ccc3c(c2)C(=O)NC3=O)CC1C. The summed E-state index contributed by atoms with van der Waals surface area (Å²) in [6.07, 6.45) is 3.56. The van der Waals surface area contributed by atoms with E-state index in [0.717, 1.165) is 30.4 Å². The monoisotopic (exact) mass is 272 g/mol. The maximum atomic E-state index is 11.7. The first-order chi connectivity index (χ1) is 9.54. The van der Waals surface area contributed by atoms with E-state index >= 15 is 0 Å². The van der Waals surface area contributed by atoms with Crippen LogP contribution in [0.5, 0.6) is 0 Å². The smallest absolute Gasteiger partial charge is 0.259 e. The van der Waals surface area contributed by atoms with Crippen LogP contribution >= 0.6 is 0 Å². The molecule has 2 N–H and O–H groups in total. The van der Waals surface area contributed by atoms with Crippen molar-refractivity contribution in [2.75, 3.05) is 5.32 Å². The summed E-state index contributed by atoms with van der Waals surface area (Å²) in [5.74, 6) is 0.924. The first-order valence-corrected chi connectivity index (χ1v) is 7.31. The van der Waals surface area contributed by atoms with Crippen molar-refractivity contribution in [1.29, 1.82) is 0 Å². The Hall–Kier alpha value is -1.84. The van der Waals surface area contributed by atoms with Crippen LogP contribution in [0.1, 0.15) is 53.8 Å². The van der Waals surface area contributed by atoms with Crippen molar-refractivity contribution < 1.29 is 9.59 Å². The highest BCUT2D eigenvalue weighted by Crippen LogP contribution is 2.31. The first-order valence-electron chi connectivity index (χ1n) is 7.31. The van der Waals surface area contributed by atoms with Crippen LogP contribution < -0.4 is 10.6 Å². The summed E-state index contributed by atoms with van der Waals surface area (Å²) < 4.78 is 0. The molecule has 20 heavy (non-hydrogen) atoms. The maximum absolute atomic E-state index is 11.7. The minimum Gasteiger partial charge on any atom is -0.382 e. The van der Waals surface area contributed by atoms with Crippen LogP contribution in [0.3, 0.4) is 0 Å².